The van der Waals surface area contributed by atoms with Gasteiger partial charge in [0, 0.05) is 40.5 Å². The predicted octanol–water partition coefficient (Wildman–Crippen LogP) is 6.29. The quantitative estimate of drug-likeness (QED) is 0.149. The Morgan fingerprint density at radius 1 is 0.975 bits per heavy atom. The van der Waals surface area contributed by atoms with Gasteiger partial charge >= 0.3 is 17.7 Å². The van der Waals surface area contributed by atoms with Gasteiger partial charge in [0.25, 0.3) is 0 Å². The lowest BCUT2D eigenvalue weighted by Gasteiger charge is -2.23. The number of ether oxygens (including phenoxy) is 2. The van der Waals surface area contributed by atoms with E-state index in [0.29, 0.717) is 16.5 Å². The molecule has 5 rings (SSSR count). The number of H-pyrrole nitrogens is 1. The Kier molecular flexibility index (Phi) is 7.17. The summed E-state index contributed by atoms with van der Waals surface area (Å²) in [6, 6.07) is 21.0. The van der Waals surface area contributed by atoms with Crippen molar-refractivity contribution in [3.63, 3.8) is 0 Å². The molecular weight excluding hydrogens is 508 g/mol. The van der Waals surface area contributed by atoms with Gasteiger partial charge in [-0.1, -0.05) is 48.5 Å². The van der Waals surface area contributed by atoms with Gasteiger partial charge in [0.15, 0.2) is 0 Å². The molecule has 8 heteroatoms. The molecule has 8 nitrogen and oxygen atoms in total. The zero-order valence-corrected chi connectivity index (χ0v) is 22.7. The highest BCUT2D eigenvalue weighted by atomic mass is 16.6. The van der Waals surface area contributed by atoms with Crippen molar-refractivity contribution in [1.82, 2.24) is 10.3 Å². The van der Waals surface area contributed by atoms with Crippen LogP contribution in [-0.2, 0) is 16.0 Å². The minimum atomic E-state index is -1.05. The maximum Gasteiger partial charge on any atom is 0.408 e. The Labute approximate surface area is 230 Å². The second kappa shape index (κ2) is 10.7. The molecule has 0 aliphatic rings. The number of hydrogen-bond acceptors (Lipinski definition) is 6. The van der Waals surface area contributed by atoms with E-state index >= 15 is 0 Å². The second-order valence-corrected chi connectivity index (χ2v) is 10.6. The Bertz CT molecular complexity index is 1760. The molecule has 0 aliphatic heterocycles. The molecule has 1 amide bonds. The number of para-hydroxylation sites is 1. The van der Waals surface area contributed by atoms with Gasteiger partial charge in [0.1, 0.15) is 23.0 Å². The number of fused-ring (bicyclic) bond motifs is 2. The molecule has 0 aliphatic carbocycles. The molecular formula is C32H30N2O6. The van der Waals surface area contributed by atoms with Gasteiger partial charge in [-0.25, -0.2) is 14.4 Å². The number of amides is 1. The summed E-state index contributed by atoms with van der Waals surface area (Å²) in [5, 5.41) is 4.32. The van der Waals surface area contributed by atoms with Crippen molar-refractivity contribution >= 4 is 33.9 Å². The van der Waals surface area contributed by atoms with E-state index in [4.69, 9.17) is 13.9 Å². The highest BCUT2D eigenvalue weighted by Crippen LogP contribution is 2.33. The molecule has 0 saturated carbocycles. The van der Waals surface area contributed by atoms with Gasteiger partial charge in [-0.15, -0.1) is 0 Å². The van der Waals surface area contributed by atoms with Gasteiger partial charge in [-0.2, -0.15) is 0 Å². The number of nitrogens with one attached hydrogen (secondary N) is 2. The minimum absolute atomic E-state index is 0.169. The number of rotatable bonds is 6. The molecule has 0 fully saturated rings. The Morgan fingerprint density at radius 3 is 2.45 bits per heavy atom. The molecule has 2 N–H and O–H groups in total. The van der Waals surface area contributed by atoms with Crippen LogP contribution >= 0.6 is 0 Å². The Morgan fingerprint density at radius 2 is 1.70 bits per heavy atom. The number of hydrogen-bond donors (Lipinski definition) is 2. The van der Waals surface area contributed by atoms with Crippen LogP contribution in [0, 0.1) is 6.92 Å². The van der Waals surface area contributed by atoms with Crippen molar-refractivity contribution in [2.24, 2.45) is 0 Å². The maximum absolute atomic E-state index is 13.5. The normalized spacial score (nSPS) is 12.3. The molecule has 204 valence electrons. The molecule has 1 atom stereocenters. The first kappa shape index (κ1) is 26.7. The van der Waals surface area contributed by atoms with Crippen LogP contribution in [0.15, 0.2) is 88.2 Å². The van der Waals surface area contributed by atoms with E-state index in [1.54, 1.807) is 39.8 Å². The van der Waals surface area contributed by atoms with E-state index in [1.807, 2.05) is 60.8 Å². The van der Waals surface area contributed by atoms with E-state index in [0.717, 1.165) is 27.6 Å². The van der Waals surface area contributed by atoms with Crippen molar-refractivity contribution in [3.8, 4) is 16.9 Å². The summed E-state index contributed by atoms with van der Waals surface area (Å²) in [5.74, 6) is -0.457. The number of benzene rings is 3. The summed E-state index contributed by atoms with van der Waals surface area (Å²) in [6.45, 7) is 6.96. The van der Waals surface area contributed by atoms with Crippen LogP contribution in [0.2, 0.25) is 0 Å². The lowest BCUT2D eigenvalue weighted by Crippen LogP contribution is -2.46. The summed E-state index contributed by atoms with van der Waals surface area (Å²) in [7, 11) is 0. The van der Waals surface area contributed by atoms with Crippen LogP contribution < -0.4 is 15.7 Å². The topological polar surface area (TPSA) is 111 Å². The first-order chi connectivity index (χ1) is 19.1. The number of aryl methyl sites for hydroxylation is 1. The highest BCUT2D eigenvalue weighted by Gasteiger charge is 2.28. The first-order valence-corrected chi connectivity index (χ1v) is 13.0. The Balaban J connectivity index is 1.47. The number of aromatic amines is 1. The molecule has 0 saturated heterocycles. The molecule has 0 unspecified atom stereocenters. The van der Waals surface area contributed by atoms with Crippen LogP contribution in [0.5, 0.6) is 5.75 Å². The van der Waals surface area contributed by atoms with Crippen LogP contribution in [0.4, 0.5) is 4.79 Å². The molecule has 0 spiro atoms. The minimum Gasteiger partial charge on any atom is -0.444 e. The van der Waals surface area contributed by atoms with Crippen molar-refractivity contribution < 1.29 is 23.5 Å². The fourth-order valence-corrected chi connectivity index (χ4v) is 4.65. The van der Waals surface area contributed by atoms with Gasteiger partial charge in [-0.05, 0) is 62.6 Å². The van der Waals surface area contributed by atoms with E-state index < -0.39 is 29.3 Å². The van der Waals surface area contributed by atoms with E-state index in [9.17, 15) is 14.4 Å². The van der Waals surface area contributed by atoms with E-state index in [2.05, 4.69) is 10.3 Å². The first-order valence-electron chi connectivity index (χ1n) is 13.0. The number of aromatic nitrogens is 1. The number of carbonyl (C=O) groups is 2. The average molecular weight is 539 g/mol. The van der Waals surface area contributed by atoms with Gasteiger partial charge < -0.3 is 24.2 Å². The second-order valence-electron chi connectivity index (χ2n) is 10.6. The molecule has 0 bridgehead atoms. The number of esters is 1. The average Bonchev–Trinajstić information content (AvgIpc) is 3.32. The van der Waals surface area contributed by atoms with Gasteiger partial charge in [0.05, 0.1) is 0 Å². The van der Waals surface area contributed by atoms with E-state index in [1.165, 1.54) is 6.07 Å². The van der Waals surface area contributed by atoms with E-state index in [-0.39, 0.29) is 12.2 Å². The number of carbonyl (C=O) groups excluding carboxylic acids is 2. The van der Waals surface area contributed by atoms with Crippen LogP contribution in [0.1, 0.15) is 31.9 Å². The fraction of sp³-hybridized carbons (Fsp3) is 0.219. The molecule has 2 heterocycles. The summed E-state index contributed by atoms with van der Waals surface area (Å²) in [5.41, 5.74) is 2.89. The fourth-order valence-electron chi connectivity index (χ4n) is 4.65. The van der Waals surface area contributed by atoms with Crippen LogP contribution in [0.3, 0.4) is 0 Å². The summed E-state index contributed by atoms with van der Waals surface area (Å²) in [6.07, 6.45) is 1.24. The standard InChI is InChI=1S/C32H30N2O6/c1-19-27(15-14-23-24(17-28(35)39-29(19)23)20-10-6-5-7-11-20)38-30(36)26(34-31(37)40-32(2,3)4)16-21-18-33-25-13-9-8-12-22(21)25/h5-15,17-18,26,33H,16H2,1-4H3,(H,34,37)/t26-/m1/s1. The lowest BCUT2D eigenvalue weighted by atomic mass is 10.00. The van der Waals surface area contributed by atoms with Crippen molar-refractivity contribution in [2.75, 3.05) is 0 Å². The zero-order chi connectivity index (χ0) is 28.4. The summed E-state index contributed by atoms with van der Waals surface area (Å²) in [4.78, 5) is 41.8. The molecule has 40 heavy (non-hydrogen) atoms. The van der Waals surface area contributed by atoms with Crippen molar-refractivity contribution in [2.45, 2.75) is 45.8 Å². The predicted molar refractivity (Wildman–Crippen MR) is 153 cm³/mol. The van der Waals surface area contributed by atoms with Crippen molar-refractivity contribution in [3.05, 3.63) is 101 Å². The SMILES string of the molecule is Cc1c(OC(=O)[C@@H](Cc2c[nH]c3ccccc23)NC(=O)OC(C)(C)C)ccc2c(-c3ccccc3)cc(=O)oc12. The third-order valence-electron chi connectivity index (χ3n) is 6.48. The summed E-state index contributed by atoms with van der Waals surface area (Å²) < 4.78 is 16.8. The smallest absolute Gasteiger partial charge is 0.408 e. The molecule has 0 radical (unpaired) electrons. The van der Waals surface area contributed by atoms with Gasteiger partial charge in [0.2, 0.25) is 0 Å². The largest absolute Gasteiger partial charge is 0.444 e. The molecule has 3 aromatic carbocycles. The molecule has 2 aromatic heterocycles. The van der Waals surface area contributed by atoms with Crippen LogP contribution in [0.25, 0.3) is 33.0 Å². The number of alkyl carbamates (subject to hydrolysis) is 1. The van der Waals surface area contributed by atoms with Crippen molar-refractivity contribution in [1.29, 1.82) is 0 Å². The third kappa shape index (κ3) is 5.76. The highest BCUT2D eigenvalue weighted by molar-refractivity contribution is 5.96. The monoisotopic (exact) mass is 538 g/mol. The van der Waals surface area contributed by atoms with Gasteiger partial charge in [-0.3, -0.25) is 0 Å². The molecule has 5 aromatic rings. The summed E-state index contributed by atoms with van der Waals surface area (Å²) >= 11 is 0. The zero-order valence-electron chi connectivity index (χ0n) is 22.7. The lowest BCUT2D eigenvalue weighted by molar-refractivity contribution is -0.136. The van der Waals surface area contributed by atoms with Crippen LogP contribution in [-0.4, -0.2) is 28.7 Å². The maximum atomic E-state index is 13.5. The Hall–Kier alpha value is -4.85. The third-order valence-corrected chi connectivity index (χ3v) is 6.48.